The molecule has 3 heterocycles. The van der Waals surface area contributed by atoms with Crippen molar-refractivity contribution in [1.29, 1.82) is 0 Å². The summed E-state index contributed by atoms with van der Waals surface area (Å²) in [4.78, 5) is 4.78. The Balaban J connectivity index is 1.72. The maximum absolute atomic E-state index is 5.88. The summed E-state index contributed by atoms with van der Waals surface area (Å²) >= 11 is 0. The van der Waals surface area contributed by atoms with Crippen molar-refractivity contribution < 1.29 is 4.42 Å². The van der Waals surface area contributed by atoms with Gasteiger partial charge < -0.3 is 8.98 Å². The Morgan fingerprint density at radius 2 is 1.86 bits per heavy atom. The van der Waals surface area contributed by atoms with Crippen molar-refractivity contribution in [3.63, 3.8) is 0 Å². The molecule has 5 heteroatoms. The molecule has 0 bridgehead atoms. The summed E-state index contributed by atoms with van der Waals surface area (Å²) in [6.07, 6.45) is 4.75. The number of hydrogen-bond donors (Lipinski definition) is 0. The van der Waals surface area contributed by atoms with Gasteiger partial charge >= 0.3 is 0 Å². The van der Waals surface area contributed by atoms with Crippen LogP contribution in [0.5, 0.6) is 0 Å². The van der Waals surface area contributed by atoms with E-state index in [9.17, 15) is 0 Å². The third-order valence-electron chi connectivity index (χ3n) is 5.42. The molecule has 0 amide bonds. The predicted molar refractivity (Wildman–Crippen MR) is 110 cm³/mol. The van der Waals surface area contributed by atoms with E-state index in [2.05, 4.69) is 53.8 Å². The summed E-state index contributed by atoms with van der Waals surface area (Å²) in [5, 5.41) is 4.39. The predicted octanol–water partition coefficient (Wildman–Crippen LogP) is 4.89. The van der Waals surface area contributed by atoms with E-state index in [1.54, 1.807) is 0 Å². The second kappa shape index (κ2) is 7.50. The van der Waals surface area contributed by atoms with Crippen LogP contribution in [0, 0.1) is 13.8 Å². The third-order valence-corrected chi connectivity index (χ3v) is 5.42. The first-order valence-corrected chi connectivity index (χ1v) is 9.66. The maximum Gasteiger partial charge on any atom is 0.107 e. The van der Waals surface area contributed by atoms with Gasteiger partial charge in [-0.15, -0.1) is 0 Å². The van der Waals surface area contributed by atoms with E-state index in [-0.39, 0.29) is 5.92 Å². The van der Waals surface area contributed by atoms with E-state index in [0.29, 0.717) is 0 Å². The molecule has 1 atom stereocenters. The average molecular weight is 374 g/mol. The van der Waals surface area contributed by atoms with E-state index in [1.807, 2.05) is 43.3 Å². The number of nitrogens with zero attached hydrogens (tertiary/aromatic N) is 4. The topological polar surface area (TPSA) is 48.8 Å². The van der Waals surface area contributed by atoms with Crippen LogP contribution >= 0.6 is 0 Å². The molecule has 0 aliphatic carbocycles. The monoisotopic (exact) mass is 374 g/mol. The Bertz CT molecular complexity index is 1070. The van der Waals surface area contributed by atoms with E-state index in [0.717, 1.165) is 35.7 Å². The van der Waals surface area contributed by atoms with Crippen LogP contribution in [0.2, 0.25) is 0 Å². The molecule has 0 N–H and O–H groups in total. The molecule has 5 nitrogen and oxygen atoms in total. The lowest BCUT2D eigenvalue weighted by Gasteiger charge is -2.14. The number of benzene rings is 1. The minimum absolute atomic E-state index is 0.265. The molecule has 0 unspecified atom stereocenters. The van der Waals surface area contributed by atoms with Crippen LogP contribution in [-0.2, 0) is 20.0 Å². The van der Waals surface area contributed by atoms with Crippen molar-refractivity contribution >= 4 is 0 Å². The van der Waals surface area contributed by atoms with Crippen molar-refractivity contribution in [2.24, 2.45) is 7.05 Å². The smallest absolute Gasteiger partial charge is 0.107 e. The fourth-order valence-corrected chi connectivity index (χ4v) is 3.59. The summed E-state index contributed by atoms with van der Waals surface area (Å²) in [7, 11) is 1.98. The van der Waals surface area contributed by atoms with Gasteiger partial charge in [-0.05, 0) is 32.4 Å². The summed E-state index contributed by atoms with van der Waals surface area (Å²) in [6, 6.07) is 14.5. The Hall–Kier alpha value is -3.08. The zero-order valence-corrected chi connectivity index (χ0v) is 16.9. The molecule has 0 saturated heterocycles. The Kier molecular flexibility index (Phi) is 4.90. The van der Waals surface area contributed by atoms with Crippen molar-refractivity contribution in [3.8, 4) is 11.3 Å². The second-order valence-corrected chi connectivity index (χ2v) is 7.47. The highest BCUT2D eigenvalue weighted by Crippen LogP contribution is 2.29. The van der Waals surface area contributed by atoms with Crippen molar-refractivity contribution in [1.82, 2.24) is 19.3 Å². The Morgan fingerprint density at radius 1 is 1.07 bits per heavy atom. The Morgan fingerprint density at radius 3 is 2.50 bits per heavy atom. The van der Waals surface area contributed by atoms with Gasteiger partial charge in [-0.1, -0.05) is 37.3 Å². The first kappa shape index (κ1) is 18.3. The quantitative estimate of drug-likeness (QED) is 0.483. The number of aromatic nitrogens is 4. The zero-order valence-electron chi connectivity index (χ0n) is 16.9. The molecule has 0 radical (unpaired) electrons. The molecule has 4 rings (SSSR count). The summed E-state index contributed by atoms with van der Waals surface area (Å²) < 4.78 is 10.0. The van der Waals surface area contributed by atoms with Gasteiger partial charge in [-0.3, -0.25) is 4.68 Å². The molecule has 0 spiro atoms. The lowest BCUT2D eigenvalue weighted by atomic mass is 9.99. The van der Waals surface area contributed by atoms with Crippen molar-refractivity contribution in [3.05, 3.63) is 83.5 Å². The van der Waals surface area contributed by atoms with E-state index in [1.165, 1.54) is 17.0 Å². The molecular weight excluding hydrogens is 348 g/mol. The molecular formula is C23H26N4O. The lowest BCUT2D eigenvalue weighted by Crippen LogP contribution is -2.08. The van der Waals surface area contributed by atoms with Crippen LogP contribution in [0.15, 0.2) is 59.4 Å². The highest BCUT2D eigenvalue weighted by atomic mass is 16.3. The normalized spacial score (nSPS) is 12.4. The number of furan rings is 1. The number of aryl methyl sites for hydroxylation is 2. The fourth-order valence-electron chi connectivity index (χ4n) is 3.59. The van der Waals surface area contributed by atoms with Crippen LogP contribution in [-0.4, -0.2) is 19.3 Å². The SMILES string of the molecule is Cc1ccc([C@@H](C)Cc2c(-c3ccccc3)ncn2Cc2cnn(C)c2C)o1. The minimum Gasteiger partial charge on any atom is -0.466 e. The molecule has 3 aromatic heterocycles. The number of imidazole rings is 1. The van der Waals surface area contributed by atoms with Gasteiger partial charge in [0.05, 0.1) is 24.8 Å². The highest BCUT2D eigenvalue weighted by molar-refractivity contribution is 5.62. The van der Waals surface area contributed by atoms with Crippen LogP contribution in [0.25, 0.3) is 11.3 Å². The second-order valence-electron chi connectivity index (χ2n) is 7.47. The van der Waals surface area contributed by atoms with Crippen LogP contribution in [0.1, 0.15) is 41.3 Å². The van der Waals surface area contributed by atoms with Gasteiger partial charge in [-0.2, -0.15) is 5.10 Å². The van der Waals surface area contributed by atoms with Gasteiger partial charge in [0.15, 0.2) is 0 Å². The molecule has 4 aromatic rings. The van der Waals surface area contributed by atoms with Gasteiger partial charge in [0, 0.05) is 35.5 Å². The minimum atomic E-state index is 0.265. The van der Waals surface area contributed by atoms with Gasteiger partial charge in [0.2, 0.25) is 0 Å². The van der Waals surface area contributed by atoms with Crippen LogP contribution in [0.4, 0.5) is 0 Å². The number of hydrogen-bond acceptors (Lipinski definition) is 3. The first-order valence-electron chi connectivity index (χ1n) is 9.66. The molecule has 0 aliphatic heterocycles. The first-order chi connectivity index (χ1) is 13.5. The summed E-state index contributed by atoms with van der Waals surface area (Å²) in [6.45, 7) is 7.06. The van der Waals surface area contributed by atoms with Gasteiger partial charge in [0.25, 0.3) is 0 Å². The van der Waals surface area contributed by atoms with Crippen molar-refractivity contribution in [2.45, 2.75) is 39.7 Å². The zero-order chi connectivity index (χ0) is 19.7. The molecule has 144 valence electrons. The average Bonchev–Trinajstić information content (AvgIpc) is 3.39. The Labute approximate surface area is 165 Å². The molecule has 0 fully saturated rings. The van der Waals surface area contributed by atoms with E-state index >= 15 is 0 Å². The number of rotatable bonds is 6. The third kappa shape index (κ3) is 3.52. The summed E-state index contributed by atoms with van der Waals surface area (Å²) in [5.74, 6) is 2.23. The standard InChI is InChI=1S/C23H26N4O/c1-16(22-11-10-17(2)28-22)12-21-23(19-8-6-5-7-9-19)24-15-27(21)14-20-13-25-26(4)18(20)3/h5-11,13,15-16H,12,14H2,1-4H3/t16-/m0/s1. The molecule has 0 aliphatic rings. The van der Waals surface area contributed by atoms with E-state index in [4.69, 9.17) is 9.40 Å². The fraction of sp³-hybridized carbons (Fsp3) is 0.304. The molecule has 28 heavy (non-hydrogen) atoms. The van der Waals surface area contributed by atoms with Crippen LogP contribution < -0.4 is 0 Å². The van der Waals surface area contributed by atoms with E-state index < -0.39 is 0 Å². The van der Waals surface area contributed by atoms with Gasteiger partial charge in [-0.25, -0.2) is 4.98 Å². The molecule has 1 aromatic carbocycles. The molecule has 0 saturated carbocycles. The van der Waals surface area contributed by atoms with Crippen molar-refractivity contribution in [2.75, 3.05) is 0 Å². The van der Waals surface area contributed by atoms with Crippen LogP contribution in [0.3, 0.4) is 0 Å². The lowest BCUT2D eigenvalue weighted by molar-refractivity contribution is 0.448. The van der Waals surface area contributed by atoms with Gasteiger partial charge in [0.1, 0.15) is 11.5 Å². The maximum atomic E-state index is 5.88. The summed E-state index contributed by atoms with van der Waals surface area (Å²) in [5.41, 5.74) is 5.79. The largest absolute Gasteiger partial charge is 0.466 e. The highest BCUT2D eigenvalue weighted by Gasteiger charge is 2.19.